The number of nitrogens with one attached hydrogen (secondary N) is 1. The number of likely N-dealkylation sites (N-methyl/N-ethyl adjacent to an activating group) is 1. The molecule has 8 nitrogen and oxygen atoms in total. The summed E-state index contributed by atoms with van der Waals surface area (Å²) in [6.45, 7) is 2.63. The van der Waals surface area contributed by atoms with E-state index in [1.807, 2.05) is 11.9 Å². The molecule has 2 fully saturated rings. The number of sulfonamides is 1. The van der Waals surface area contributed by atoms with Crippen LogP contribution in [0.1, 0.15) is 12.8 Å². The molecule has 1 aromatic rings. The third-order valence-corrected chi connectivity index (χ3v) is 6.39. The molecule has 1 aromatic carbocycles. The summed E-state index contributed by atoms with van der Waals surface area (Å²) in [6, 6.07) is 3.93. The molecule has 25 heavy (non-hydrogen) atoms. The van der Waals surface area contributed by atoms with Crippen molar-refractivity contribution in [1.29, 1.82) is 0 Å². The van der Waals surface area contributed by atoms with Crippen LogP contribution in [0, 0.1) is 0 Å². The average molecular weight is 369 g/mol. The number of carbonyl (C=O) groups excluding carboxylic acids is 1. The van der Waals surface area contributed by atoms with Gasteiger partial charge in [-0.1, -0.05) is 0 Å². The molecule has 0 saturated carbocycles. The maximum atomic E-state index is 12.6. The molecular weight excluding hydrogens is 346 g/mol. The fourth-order valence-electron chi connectivity index (χ4n) is 3.00. The zero-order valence-corrected chi connectivity index (χ0v) is 15.0. The lowest BCUT2D eigenvalue weighted by molar-refractivity contribution is -0.132. The monoisotopic (exact) mass is 369 g/mol. The van der Waals surface area contributed by atoms with E-state index in [4.69, 9.17) is 4.74 Å². The summed E-state index contributed by atoms with van der Waals surface area (Å²) in [5.41, 5.74) is 0.0714. The number of amides is 1. The molecule has 138 valence electrons. The Bertz CT molecular complexity index is 746. The Labute approximate surface area is 147 Å². The van der Waals surface area contributed by atoms with Crippen molar-refractivity contribution in [2.24, 2.45) is 0 Å². The number of benzene rings is 1. The molecule has 0 spiro atoms. The van der Waals surface area contributed by atoms with Crippen LogP contribution in [-0.2, 0) is 19.6 Å². The number of carbonyl (C=O) groups is 1. The first-order valence-electron chi connectivity index (χ1n) is 8.32. The lowest BCUT2D eigenvalue weighted by atomic mass is 10.2. The van der Waals surface area contributed by atoms with Crippen molar-refractivity contribution in [3.63, 3.8) is 0 Å². The number of morpholine rings is 1. The van der Waals surface area contributed by atoms with E-state index in [9.17, 15) is 18.3 Å². The predicted molar refractivity (Wildman–Crippen MR) is 92.0 cm³/mol. The molecule has 0 aromatic heterocycles. The molecule has 1 atom stereocenters. The number of hydrogen-bond acceptors (Lipinski definition) is 6. The Morgan fingerprint density at radius 1 is 1.28 bits per heavy atom. The Morgan fingerprint density at radius 2 is 2.00 bits per heavy atom. The van der Waals surface area contributed by atoms with E-state index in [2.05, 4.69) is 5.32 Å². The largest absolute Gasteiger partial charge is 0.506 e. The van der Waals surface area contributed by atoms with Gasteiger partial charge in [-0.2, -0.15) is 4.31 Å². The fraction of sp³-hybridized carbons (Fsp3) is 0.562. The first kappa shape index (κ1) is 18.1. The summed E-state index contributed by atoms with van der Waals surface area (Å²) in [6.07, 6.45) is 1.03. The lowest BCUT2D eigenvalue weighted by Crippen LogP contribution is -2.46. The Balaban J connectivity index is 1.78. The van der Waals surface area contributed by atoms with Gasteiger partial charge in [0.1, 0.15) is 11.9 Å². The first-order chi connectivity index (χ1) is 11.9. The van der Waals surface area contributed by atoms with E-state index in [1.165, 1.54) is 22.5 Å². The van der Waals surface area contributed by atoms with Crippen molar-refractivity contribution in [2.75, 3.05) is 45.2 Å². The molecule has 0 radical (unpaired) electrons. The van der Waals surface area contributed by atoms with Gasteiger partial charge in [0.25, 0.3) is 5.91 Å². The van der Waals surface area contributed by atoms with Gasteiger partial charge in [-0.3, -0.25) is 4.79 Å². The van der Waals surface area contributed by atoms with Gasteiger partial charge < -0.3 is 20.1 Å². The van der Waals surface area contributed by atoms with E-state index in [0.717, 1.165) is 19.4 Å². The summed E-state index contributed by atoms with van der Waals surface area (Å²) >= 11 is 0. The van der Waals surface area contributed by atoms with Crippen LogP contribution in [0.15, 0.2) is 23.1 Å². The molecule has 0 unspecified atom stereocenters. The highest BCUT2D eigenvalue weighted by Gasteiger charge is 2.29. The van der Waals surface area contributed by atoms with Crippen LogP contribution in [0.25, 0.3) is 0 Å². The third kappa shape index (κ3) is 3.95. The van der Waals surface area contributed by atoms with Crippen molar-refractivity contribution < 1.29 is 23.1 Å². The molecule has 3 rings (SSSR count). The number of nitrogens with zero attached hydrogens (tertiary/aromatic N) is 2. The summed E-state index contributed by atoms with van der Waals surface area (Å²) in [4.78, 5) is 14.4. The van der Waals surface area contributed by atoms with E-state index in [1.54, 1.807) is 0 Å². The summed E-state index contributed by atoms with van der Waals surface area (Å²) in [5.74, 6) is -0.588. The molecule has 2 heterocycles. The molecule has 2 aliphatic heterocycles. The molecule has 1 amide bonds. The Kier molecular flexibility index (Phi) is 5.28. The molecule has 0 bridgehead atoms. The van der Waals surface area contributed by atoms with Crippen LogP contribution in [0.4, 0.5) is 5.69 Å². The smallest absolute Gasteiger partial charge is 0.254 e. The highest BCUT2D eigenvalue weighted by atomic mass is 32.2. The quantitative estimate of drug-likeness (QED) is 0.748. The van der Waals surface area contributed by atoms with Gasteiger partial charge in [0.2, 0.25) is 10.0 Å². The number of phenols is 1. The van der Waals surface area contributed by atoms with Gasteiger partial charge in [-0.25, -0.2) is 8.42 Å². The van der Waals surface area contributed by atoms with Crippen LogP contribution in [0.3, 0.4) is 0 Å². The predicted octanol–water partition coefficient (Wildman–Crippen LogP) is 0.446. The Morgan fingerprint density at radius 3 is 2.68 bits per heavy atom. The van der Waals surface area contributed by atoms with Crippen LogP contribution < -0.4 is 5.32 Å². The average Bonchev–Trinajstić information content (AvgIpc) is 3.12. The van der Waals surface area contributed by atoms with Crippen LogP contribution in [0.5, 0.6) is 5.75 Å². The number of phenolic OH excluding ortho intramolecular Hbond substituents is 1. The number of anilines is 1. The molecule has 2 N–H and O–H groups in total. The van der Waals surface area contributed by atoms with Gasteiger partial charge in [0.05, 0.1) is 17.2 Å². The number of ether oxygens (including phenoxy) is 1. The second kappa shape index (κ2) is 7.28. The minimum absolute atomic E-state index is 0.0594. The summed E-state index contributed by atoms with van der Waals surface area (Å²) in [7, 11) is -1.72. The fourth-order valence-corrected chi connectivity index (χ4v) is 4.55. The SMILES string of the molecule is CN1CCO[C@H](C(=O)Nc2cc(S(=O)(=O)N3CCCC3)ccc2O)C1. The Hall–Kier alpha value is -1.68. The van der Waals surface area contributed by atoms with Gasteiger partial charge in [-0.05, 0) is 38.1 Å². The van der Waals surface area contributed by atoms with E-state index in [0.29, 0.717) is 26.2 Å². The minimum Gasteiger partial charge on any atom is -0.506 e. The standard InChI is InChI=1S/C16H23N3O5S/c1-18-8-9-24-15(11-18)16(21)17-13-10-12(4-5-14(13)20)25(22,23)19-6-2-3-7-19/h4-5,10,15,20H,2-3,6-9,11H2,1H3,(H,17,21)/t15-/m0/s1. The highest BCUT2D eigenvalue weighted by Crippen LogP contribution is 2.29. The maximum absolute atomic E-state index is 12.6. The third-order valence-electron chi connectivity index (χ3n) is 4.49. The van der Waals surface area contributed by atoms with Gasteiger partial charge in [0, 0.05) is 26.2 Å². The van der Waals surface area contributed by atoms with Crippen LogP contribution in [0.2, 0.25) is 0 Å². The van der Waals surface area contributed by atoms with Crippen molar-refractivity contribution in [2.45, 2.75) is 23.8 Å². The van der Waals surface area contributed by atoms with Crippen molar-refractivity contribution in [3.8, 4) is 5.75 Å². The zero-order chi connectivity index (χ0) is 18.0. The second-order valence-corrected chi connectivity index (χ2v) is 8.34. The molecule has 2 aliphatic rings. The minimum atomic E-state index is -3.62. The van der Waals surface area contributed by atoms with Crippen LogP contribution in [-0.4, -0.2) is 74.6 Å². The maximum Gasteiger partial charge on any atom is 0.254 e. The molecule has 2 saturated heterocycles. The van der Waals surface area contributed by atoms with E-state index < -0.39 is 22.0 Å². The number of aromatic hydroxyl groups is 1. The molecule has 0 aliphatic carbocycles. The van der Waals surface area contributed by atoms with Crippen LogP contribution >= 0.6 is 0 Å². The van der Waals surface area contributed by atoms with Gasteiger partial charge >= 0.3 is 0 Å². The van der Waals surface area contributed by atoms with Gasteiger partial charge in [-0.15, -0.1) is 0 Å². The van der Waals surface area contributed by atoms with Gasteiger partial charge in [0.15, 0.2) is 0 Å². The second-order valence-electron chi connectivity index (χ2n) is 6.40. The lowest BCUT2D eigenvalue weighted by Gasteiger charge is -2.29. The summed E-state index contributed by atoms with van der Waals surface area (Å²) < 4.78 is 32.1. The first-order valence-corrected chi connectivity index (χ1v) is 9.76. The summed E-state index contributed by atoms with van der Waals surface area (Å²) in [5, 5.41) is 12.6. The van der Waals surface area contributed by atoms with Crippen molar-refractivity contribution >= 4 is 21.6 Å². The topological polar surface area (TPSA) is 99.2 Å². The van der Waals surface area contributed by atoms with E-state index in [-0.39, 0.29) is 16.3 Å². The van der Waals surface area contributed by atoms with Crippen molar-refractivity contribution in [1.82, 2.24) is 9.21 Å². The van der Waals surface area contributed by atoms with Crippen molar-refractivity contribution in [3.05, 3.63) is 18.2 Å². The molecular formula is C16H23N3O5S. The van der Waals surface area contributed by atoms with E-state index >= 15 is 0 Å². The number of rotatable bonds is 4. The number of hydrogen-bond donors (Lipinski definition) is 2. The highest BCUT2D eigenvalue weighted by molar-refractivity contribution is 7.89. The molecule has 9 heteroatoms. The zero-order valence-electron chi connectivity index (χ0n) is 14.1. The normalized spacial score (nSPS) is 22.8.